The SMILES string of the molecule is CCCC(CC)NCC(C)(C)CCCO. The standard InChI is InChI=1S/C13H29NO/c1-5-8-12(6-2)14-11-13(3,4)9-7-10-15/h12,14-15H,5-11H2,1-4H3. The van der Waals surface area contributed by atoms with E-state index in [0.717, 1.165) is 19.4 Å². The van der Waals surface area contributed by atoms with Gasteiger partial charge in [-0.25, -0.2) is 0 Å². The molecule has 15 heavy (non-hydrogen) atoms. The van der Waals surface area contributed by atoms with Gasteiger partial charge in [0.2, 0.25) is 0 Å². The van der Waals surface area contributed by atoms with Crippen LogP contribution >= 0.6 is 0 Å². The Bertz CT molecular complexity index is 145. The number of hydrogen-bond acceptors (Lipinski definition) is 2. The van der Waals surface area contributed by atoms with Crippen molar-refractivity contribution in [1.82, 2.24) is 5.32 Å². The lowest BCUT2D eigenvalue weighted by Gasteiger charge is -2.28. The van der Waals surface area contributed by atoms with Gasteiger partial charge in [-0.15, -0.1) is 0 Å². The van der Waals surface area contributed by atoms with Crippen molar-refractivity contribution in [2.24, 2.45) is 5.41 Å². The summed E-state index contributed by atoms with van der Waals surface area (Å²) in [5.74, 6) is 0. The lowest BCUT2D eigenvalue weighted by atomic mass is 9.87. The molecule has 0 saturated heterocycles. The van der Waals surface area contributed by atoms with E-state index in [1.165, 1.54) is 19.3 Å². The van der Waals surface area contributed by atoms with Crippen molar-refractivity contribution in [3.63, 3.8) is 0 Å². The average molecular weight is 215 g/mol. The van der Waals surface area contributed by atoms with Crippen molar-refractivity contribution >= 4 is 0 Å². The Morgan fingerprint density at radius 3 is 2.40 bits per heavy atom. The molecule has 2 N–H and O–H groups in total. The molecule has 0 aromatic rings. The van der Waals surface area contributed by atoms with Crippen molar-refractivity contribution in [2.75, 3.05) is 13.2 Å². The van der Waals surface area contributed by atoms with Gasteiger partial charge in [0.15, 0.2) is 0 Å². The third-order valence-electron chi connectivity index (χ3n) is 3.01. The van der Waals surface area contributed by atoms with Crippen LogP contribution in [0, 0.1) is 5.41 Å². The van der Waals surface area contributed by atoms with E-state index in [1.807, 2.05) is 0 Å². The van der Waals surface area contributed by atoms with Crippen molar-refractivity contribution in [2.45, 2.75) is 65.8 Å². The van der Waals surface area contributed by atoms with Crippen molar-refractivity contribution < 1.29 is 5.11 Å². The average Bonchev–Trinajstić information content (AvgIpc) is 2.21. The van der Waals surface area contributed by atoms with Crippen LogP contribution in [0.2, 0.25) is 0 Å². The molecule has 0 fully saturated rings. The second-order valence-electron chi connectivity index (χ2n) is 5.27. The van der Waals surface area contributed by atoms with Gasteiger partial charge in [0, 0.05) is 19.2 Å². The van der Waals surface area contributed by atoms with E-state index in [0.29, 0.717) is 18.1 Å². The van der Waals surface area contributed by atoms with E-state index in [9.17, 15) is 0 Å². The number of nitrogens with one attached hydrogen (secondary N) is 1. The van der Waals surface area contributed by atoms with Crippen LogP contribution < -0.4 is 5.32 Å². The van der Waals surface area contributed by atoms with Crippen molar-refractivity contribution in [3.8, 4) is 0 Å². The predicted octanol–water partition coefficient (Wildman–Crippen LogP) is 2.95. The zero-order valence-corrected chi connectivity index (χ0v) is 11.0. The van der Waals surface area contributed by atoms with Crippen molar-refractivity contribution in [1.29, 1.82) is 0 Å². The minimum absolute atomic E-state index is 0.309. The molecule has 0 heterocycles. The summed E-state index contributed by atoms with van der Waals surface area (Å²) in [6.07, 6.45) is 5.75. The highest BCUT2D eigenvalue weighted by Crippen LogP contribution is 2.21. The van der Waals surface area contributed by atoms with Gasteiger partial charge in [-0.1, -0.05) is 34.1 Å². The number of aliphatic hydroxyl groups is 1. The fraction of sp³-hybridized carbons (Fsp3) is 1.00. The van der Waals surface area contributed by atoms with Gasteiger partial charge >= 0.3 is 0 Å². The summed E-state index contributed by atoms with van der Waals surface area (Å²) in [7, 11) is 0. The topological polar surface area (TPSA) is 32.3 Å². The maximum absolute atomic E-state index is 8.82. The molecule has 2 heteroatoms. The largest absolute Gasteiger partial charge is 0.396 e. The molecule has 0 rings (SSSR count). The van der Waals surface area contributed by atoms with Crippen LogP contribution in [-0.2, 0) is 0 Å². The fourth-order valence-corrected chi connectivity index (χ4v) is 1.87. The maximum Gasteiger partial charge on any atom is 0.0431 e. The normalized spacial score (nSPS) is 14.2. The first-order chi connectivity index (χ1) is 7.05. The second-order valence-corrected chi connectivity index (χ2v) is 5.27. The second kappa shape index (κ2) is 8.12. The molecule has 0 amide bonds. The van der Waals surface area contributed by atoms with Crippen LogP contribution in [0.4, 0.5) is 0 Å². The van der Waals surface area contributed by atoms with Crippen LogP contribution in [-0.4, -0.2) is 24.3 Å². The molecule has 0 aliphatic heterocycles. The highest BCUT2D eigenvalue weighted by molar-refractivity contribution is 4.74. The number of hydrogen-bond donors (Lipinski definition) is 2. The third kappa shape index (κ3) is 7.80. The molecule has 0 bridgehead atoms. The summed E-state index contributed by atoms with van der Waals surface area (Å²) < 4.78 is 0. The molecule has 0 aliphatic carbocycles. The maximum atomic E-state index is 8.82. The predicted molar refractivity (Wildman–Crippen MR) is 67.1 cm³/mol. The number of rotatable bonds is 9. The lowest BCUT2D eigenvalue weighted by Crippen LogP contribution is -2.36. The first-order valence-electron chi connectivity index (χ1n) is 6.40. The molecule has 0 radical (unpaired) electrons. The van der Waals surface area contributed by atoms with Gasteiger partial charge in [-0.3, -0.25) is 0 Å². The summed E-state index contributed by atoms with van der Waals surface area (Å²) in [6, 6.07) is 0.670. The summed E-state index contributed by atoms with van der Waals surface area (Å²) in [5, 5.41) is 12.5. The van der Waals surface area contributed by atoms with Gasteiger partial charge in [0.05, 0.1) is 0 Å². The summed E-state index contributed by atoms with van der Waals surface area (Å²) in [6.45, 7) is 10.4. The quantitative estimate of drug-likeness (QED) is 0.620. The van der Waals surface area contributed by atoms with Crippen LogP contribution in [0.3, 0.4) is 0 Å². The Morgan fingerprint density at radius 1 is 1.27 bits per heavy atom. The van der Waals surface area contributed by atoms with Gasteiger partial charge < -0.3 is 10.4 Å². The third-order valence-corrected chi connectivity index (χ3v) is 3.01. The zero-order valence-electron chi connectivity index (χ0n) is 11.0. The Labute approximate surface area is 95.5 Å². The Balaban J connectivity index is 3.78. The molecule has 0 aromatic carbocycles. The summed E-state index contributed by atoms with van der Waals surface area (Å²) in [5.41, 5.74) is 0.309. The van der Waals surface area contributed by atoms with E-state index in [2.05, 4.69) is 33.0 Å². The highest BCUT2D eigenvalue weighted by Gasteiger charge is 2.18. The van der Waals surface area contributed by atoms with Crippen LogP contribution in [0.5, 0.6) is 0 Å². The van der Waals surface area contributed by atoms with Gasteiger partial charge in [-0.05, 0) is 31.1 Å². The van der Waals surface area contributed by atoms with Gasteiger partial charge in [-0.2, -0.15) is 0 Å². The molecular formula is C13H29NO. The molecule has 0 aliphatic rings. The zero-order chi connectivity index (χ0) is 11.7. The lowest BCUT2D eigenvalue weighted by molar-refractivity contribution is 0.230. The van der Waals surface area contributed by atoms with E-state index in [4.69, 9.17) is 5.11 Å². The minimum atomic E-state index is 0.309. The summed E-state index contributed by atoms with van der Waals surface area (Å²) in [4.78, 5) is 0. The van der Waals surface area contributed by atoms with Crippen LogP contribution in [0.1, 0.15) is 59.8 Å². The molecule has 0 aromatic heterocycles. The van der Waals surface area contributed by atoms with E-state index in [-0.39, 0.29) is 0 Å². The van der Waals surface area contributed by atoms with E-state index >= 15 is 0 Å². The molecular weight excluding hydrogens is 186 g/mol. The van der Waals surface area contributed by atoms with E-state index in [1.54, 1.807) is 0 Å². The minimum Gasteiger partial charge on any atom is -0.396 e. The Kier molecular flexibility index (Phi) is 8.07. The van der Waals surface area contributed by atoms with Crippen molar-refractivity contribution in [3.05, 3.63) is 0 Å². The molecule has 0 spiro atoms. The fourth-order valence-electron chi connectivity index (χ4n) is 1.87. The number of aliphatic hydroxyl groups excluding tert-OH is 1. The Morgan fingerprint density at radius 2 is 1.93 bits per heavy atom. The van der Waals surface area contributed by atoms with Gasteiger partial charge in [0.25, 0.3) is 0 Å². The Hall–Kier alpha value is -0.0800. The van der Waals surface area contributed by atoms with E-state index < -0.39 is 0 Å². The molecule has 1 unspecified atom stereocenters. The first-order valence-corrected chi connectivity index (χ1v) is 6.40. The highest BCUT2D eigenvalue weighted by atomic mass is 16.2. The smallest absolute Gasteiger partial charge is 0.0431 e. The summed E-state index contributed by atoms with van der Waals surface area (Å²) >= 11 is 0. The molecule has 92 valence electrons. The van der Waals surface area contributed by atoms with Crippen LogP contribution in [0.15, 0.2) is 0 Å². The molecule has 2 nitrogen and oxygen atoms in total. The monoisotopic (exact) mass is 215 g/mol. The van der Waals surface area contributed by atoms with Gasteiger partial charge in [0.1, 0.15) is 0 Å². The molecule has 1 atom stereocenters. The van der Waals surface area contributed by atoms with Crippen LogP contribution in [0.25, 0.3) is 0 Å². The molecule has 0 saturated carbocycles. The first kappa shape index (κ1) is 14.9.